The van der Waals surface area contributed by atoms with Crippen LogP contribution in [0.25, 0.3) is 11.0 Å². The number of nitrogens with one attached hydrogen (secondary N) is 1. The number of rotatable bonds is 6. The lowest BCUT2D eigenvalue weighted by Gasteiger charge is -2.10. The first-order valence-electron chi connectivity index (χ1n) is 10.7. The summed E-state index contributed by atoms with van der Waals surface area (Å²) >= 11 is 6.00. The fourth-order valence-corrected chi connectivity index (χ4v) is 4.44. The monoisotopic (exact) mass is 434 g/mol. The molecule has 1 heterocycles. The Morgan fingerprint density at radius 1 is 0.688 bits per heavy atom. The SMILES string of the molecule is S=C(Nc1ccccc1)c1n(Cc2ccccc2)c2ccccc2[n+]1Cc1ccccc1. The van der Waals surface area contributed by atoms with Gasteiger partial charge in [-0.05, 0) is 35.4 Å². The molecule has 0 atom stereocenters. The van der Waals surface area contributed by atoms with E-state index in [1.165, 1.54) is 22.2 Å². The highest BCUT2D eigenvalue weighted by Gasteiger charge is 2.28. The molecule has 0 aliphatic carbocycles. The third-order valence-electron chi connectivity index (χ3n) is 5.58. The van der Waals surface area contributed by atoms with Gasteiger partial charge in [0, 0.05) is 5.69 Å². The zero-order valence-corrected chi connectivity index (χ0v) is 18.5. The Labute approximate surface area is 193 Å². The van der Waals surface area contributed by atoms with Crippen LogP contribution in [0.3, 0.4) is 0 Å². The predicted molar refractivity (Wildman–Crippen MR) is 135 cm³/mol. The van der Waals surface area contributed by atoms with Crippen molar-refractivity contribution in [1.29, 1.82) is 0 Å². The Morgan fingerprint density at radius 2 is 1.25 bits per heavy atom. The second kappa shape index (κ2) is 9.16. The Kier molecular flexibility index (Phi) is 5.77. The summed E-state index contributed by atoms with van der Waals surface area (Å²) in [6.45, 7) is 1.49. The number of thiocarbonyl (C=S) groups is 1. The largest absolute Gasteiger partial charge is 0.340 e. The summed E-state index contributed by atoms with van der Waals surface area (Å²) in [4.78, 5) is 0.708. The molecule has 0 unspecified atom stereocenters. The van der Waals surface area contributed by atoms with E-state index in [4.69, 9.17) is 12.2 Å². The summed E-state index contributed by atoms with van der Waals surface area (Å²) in [5, 5.41) is 3.46. The summed E-state index contributed by atoms with van der Waals surface area (Å²) in [7, 11) is 0. The Hall–Kier alpha value is -3.76. The molecule has 1 aromatic heterocycles. The zero-order chi connectivity index (χ0) is 21.8. The normalized spacial score (nSPS) is 10.9. The van der Waals surface area contributed by atoms with Gasteiger partial charge in [-0.25, -0.2) is 9.13 Å². The van der Waals surface area contributed by atoms with Gasteiger partial charge in [-0.2, -0.15) is 0 Å². The van der Waals surface area contributed by atoms with Crippen LogP contribution in [0.4, 0.5) is 5.69 Å². The van der Waals surface area contributed by atoms with Gasteiger partial charge in [0.25, 0.3) is 0 Å². The molecule has 5 aromatic rings. The first-order valence-corrected chi connectivity index (χ1v) is 11.2. The third-order valence-corrected chi connectivity index (χ3v) is 5.86. The van der Waals surface area contributed by atoms with Crippen molar-refractivity contribution in [3.63, 3.8) is 0 Å². The van der Waals surface area contributed by atoms with Crippen molar-refractivity contribution in [2.45, 2.75) is 13.1 Å². The molecule has 4 aromatic carbocycles. The molecular formula is C28H24N3S+. The second-order valence-corrected chi connectivity index (χ2v) is 8.18. The van der Waals surface area contributed by atoms with E-state index in [-0.39, 0.29) is 0 Å². The van der Waals surface area contributed by atoms with Crippen LogP contribution in [0, 0.1) is 0 Å². The number of benzene rings is 4. The summed E-state index contributed by atoms with van der Waals surface area (Å²) in [5.74, 6) is 0.998. The van der Waals surface area contributed by atoms with Crippen LogP contribution in [0.1, 0.15) is 17.0 Å². The minimum absolute atomic E-state index is 0.708. The molecule has 0 fully saturated rings. The van der Waals surface area contributed by atoms with E-state index >= 15 is 0 Å². The van der Waals surface area contributed by atoms with Crippen LogP contribution in [0.2, 0.25) is 0 Å². The molecule has 32 heavy (non-hydrogen) atoms. The lowest BCUT2D eigenvalue weighted by Crippen LogP contribution is -2.42. The van der Waals surface area contributed by atoms with Crippen molar-refractivity contribution >= 4 is 33.9 Å². The Morgan fingerprint density at radius 3 is 1.94 bits per heavy atom. The number of imidazole rings is 1. The highest BCUT2D eigenvalue weighted by Crippen LogP contribution is 2.19. The number of nitrogens with zero attached hydrogens (tertiary/aromatic N) is 2. The molecule has 0 bridgehead atoms. The van der Waals surface area contributed by atoms with Crippen molar-refractivity contribution in [1.82, 2.24) is 4.57 Å². The number of hydrogen-bond donors (Lipinski definition) is 1. The van der Waals surface area contributed by atoms with Gasteiger partial charge in [0.1, 0.15) is 13.1 Å². The van der Waals surface area contributed by atoms with Gasteiger partial charge < -0.3 is 5.32 Å². The summed E-state index contributed by atoms with van der Waals surface area (Å²) in [5.41, 5.74) is 5.80. The number of hydrogen-bond acceptors (Lipinski definition) is 1. The maximum absolute atomic E-state index is 6.00. The van der Waals surface area contributed by atoms with Gasteiger partial charge in [-0.3, -0.25) is 0 Å². The fraction of sp³-hybridized carbons (Fsp3) is 0.0714. The zero-order valence-electron chi connectivity index (χ0n) is 17.7. The van der Waals surface area contributed by atoms with Gasteiger partial charge >= 0.3 is 5.82 Å². The molecule has 0 saturated heterocycles. The first-order chi connectivity index (χ1) is 15.8. The van der Waals surface area contributed by atoms with E-state index in [2.05, 4.69) is 99.4 Å². The molecule has 0 amide bonds. The van der Waals surface area contributed by atoms with Crippen molar-refractivity contribution in [2.75, 3.05) is 5.32 Å². The molecule has 0 spiro atoms. The number of para-hydroxylation sites is 3. The van der Waals surface area contributed by atoms with Crippen molar-refractivity contribution in [3.8, 4) is 0 Å². The molecule has 0 saturated carbocycles. The van der Waals surface area contributed by atoms with Gasteiger partial charge in [0.15, 0.2) is 16.0 Å². The molecule has 0 radical (unpaired) electrons. The molecule has 0 aliphatic rings. The van der Waals surface area contributed by atoms with Crippen LogP contribution >= 0.6 is 12.2 Å². The van der Waals surface area contributed by atoms with E-state index in [9.17, 15) is 0 Å². The molecule has 156 valence electrons. The van der Waals surface area contributed by atoms with Crippen LogP contribution in [-0.4, -0.2) is 9.56 Å². The lowest BCUT2D eigenvalue weighted by molar-refractivity contribution is -0.664. The van der Waals surface area contributed by atoms with Gasteiger partial charge in [0.2, 0.25) is 0 Å². The second-order valence-electron chi connectivity index (χ2n) is 7.78. The highest BCUT2D eigenvalue weighted by atomic mass is 32.1. The third kappa shape index (κ3) is 4.18. The van der Waals surface area contributed by atoms with E-state index in [1.54, 1.807) is 0 Å². The smallest absolute Gasteiger partial charge is 0.318 e. The van der Waals surface area contributed by atoms with Crippen LogP contribution in [0.15, 0.2) is 115 Å². The number of fused-ring (bicyclic) bond motifs is 1. The summed E-state index contributed by atoms with van der Waals surface area (Å²) < 4.78 is 4.65. The average Bonchev–Trinajstić information content (AvgIpc) is 3.14. The Balaban J connectivity index is 1.67. The van der Waals surface area contributed by atoms with E-state index < -0.39 is 0 Å². The highest BCUT2D eigenvalue weighted by molar-refractivity contribution is 7.81. The minimum atomic E-state index is 0.708. The standard InChI is InChI=1S/C28H23N3S/c32-27(29-24-16-8-3-9-17-24)28-30(20-22-12-4-1-5-13-22)25-18-10-11-19-26(25)31(28)21-23-14-6-2-7-15-23/h1-19H,20-21H2/p+1. The van der Waals surface area contributed by atoms with Gasteiger partial charge in [0.05, 0.1) is 0 Å². The first kappa shape index (κ1) is 20.2. The number of aromatic nitrogens is 2. The molecular weight excluding hydrogens is 410 g/mol. The number of anilines is 1. The fourth-order valence-electron chi connectivity index (χ4n) is 4.10. The maximum atomic E-state index is 6.00. The quantitative estimate of drug-likeness (QED) is 0.269. The van der Waals surface area contributed by atoms with Crippen LogP contribution in [0.5, 0.6) is 0 Å². The molecule has 5 rings (SSSR count). The molecule has 1 N–H and O–H groups in total. The maximum Gasteiger partial charge on any atom is 0.318 e. The predicted octanol–water partition coefficient (Wildman–Crippen LogP) is 5.81. The lowest BCUT2D eigenvalue weighted by atomic mass is 10.2. The summed E-state index contributed by atoms with van der Waals surface area (Å²) in [6, 6.07) is 39.7. The van der Waals surface area contributed by atoms with Crippen molar-refractivity contribution < 1.29 is 4.57 Å². The van der Waals surface area contributed by atoms with E-state index in [1.807, 2.05) is 30.3 Å². The average molecular weight is 435 g/mol. The molecule has 3 nitrogen and oxygen atoms in total. The Bertz CT molecular complexity index is 1260. The van der Waals surface area contributed by atoms with Crippen LogP contribution in [-0.2, 0) is 13.1 Å². The minimum Gasteiger partial charge on any atom is -0.340 e. The van der Waals surface area contributed by atoms with Crippen molar-refractivity contribution in [2.24, 2.45) is 0 Å². The van der Waals surface area contributed by atoms with Crippen molar-refractivity contribution in [3.05, 3.63) is 132 Å². The van der Waals surface area contributed by atoms with E-state index in [0.29, 0.717) is 4.99 Å². The topological polar surface area (TPSA) is 20.8 Å². The summed E-state index contributed by atoms with van der Waals surface area (Å²) in [6.07, 6.45) is 0. The molecule has 4 heteroatoms. The molecule has 0 aliphatic heterocycles. The van der Waals surface area contributed by atoms with E-state index in [0.717, 1.165) is 24.6 Å². The van der Waals surface area contributed by atoms with Gasteiger partial charge in [-0.1, -0.05) is 103 Å². The van der Waals surface area contributed by atoms with Crippen LogP contribution < -0.4 is 9.88 Å². The van der Waals surface area contributed by atoms with Gasteiger partial charge in [-0.15, -0.1) is 0 Å².